The van der Waals surface area contributed by atoms with Crippen LogP contribution in [0, 0.1) is 6.92 Å². The Balaban J connectivity index is 1.51. The van der Waals surface area contributed by atoms with Crippen LogP contribution in [0.5, 0.6) is 5.75 Å². The average Bonchev–Trinajstić information content (AvgIpc) is 2.65. The minimum absolute atomic E-state index is 0.0665. The average molecular weight is 431 g/mol. The number of carbonyl (C=O) groups excluding carboxylic acids is 1. The second-order valence-electron chi connectivity index (χ2n) is 6.40. The lowest BCUT2D eigenvalue weighted by Crippen LogP contribution is -2.37. The monoisotopic (exact) mass is 430 g/mol. The number of hydrogen-bond acceptors (Lipinski definition) is 3. The molecule has 1 aliphatic rings. The molecule has 27 heavy (non-hydrogen) atoms. The Kier molecular flexibility index (Phi) is 6.34. The van der Waals surface area contributed by atoms with Gasteiger partial charge in [0.25, 0.3) is 0 Å². The first kappa shape index (κ1) is 19.2. The first-order valence-corrected chi connectivity index (χ1v) is 9.66. The largest absolute Gasteiger partial charge is 0.493 e. The summed E-state index contributed by atoms with van der Waals surface area (Å²) in [5.41, 5.74) is 8.88. The van der Waals surface area contributed by atoms with E-state index in [0.717, 1.165) is 33.5 Å². The molecule has 0 bridgehead atoms. The molecule has 142 valence electrons. The zero-order valence-corrected chi connectivity index (χ0v) is 16.8. The molecule has 1 aliphatic heterocycles. The third kappa shape index (κ3) is 5.23. The van der Waals surface area contributed by atoms with Gasteiger partial charge in [-0.05, 0) is 30.7 Å². The van der Waals surface area contributed by atoms with Gasteiger partial charge in [0.2, 0.25) is 5.91 Å². The van der Waals surface area contributed by atoms with Gasteiger partial charge in [-0.1, -0.05) is 40.2 Å². The lowest BCUT2D eigenvalue weighted by molar-refractivity contribution is -0.116. The number of aryl methyl sites for hydroxylation is 1. The second kappa shape index (κ2) is 8.90. The van der Waals surface area contributed by atoms with Crippen LogP contribution in [0.25, 0.3) is 0 Å². The molecule has 4 N–H and O–H groups in total. The highest BCUT2D eigenvalue weighted by Gasteiger charge is 2.21. The van der Waals surface area contributed by atoms with E-state index in [2.05, 4.69) is 31.6 Å². The summed E-state index contributed by atoms with van der Waals surface area (Å²) in [6.45, 7) is 2.91. The van der Waals surface area contributed by atoms with Crippen molar-refractivity contribution in [2.24, 2.45) is 10.7 Å². The van der Waals surface area contributed by atoms with Gasteiger partial charge in [-0.25, -0.2) is 0 Å². The van der Waals surface area contributed by atoms with Crippen molar-refractivity contribution in [3.63, 3.8) is 0 Å². The molecular formula is C20H23BrN4O2. The number of anilines is 1. The van der Waals surface area contributed by atoms with Gasteiger partial charge in [-0.3, -0.25) is 9.79 Å². The van der Waals surface area contributed by atoms with Crippen LogP contribution in [0.3, 0.4) is 0 Å². The van der Waals surface area contributed by atoms with Crippen LogP contribution >= 0.6 is 15.9 Å². The number of aliphatic imine (C=N–C) groups is 1. The molecule has 0 fully saturated rings. The molecule has 2 aromatic rings. The number of para-hydroxylation sites is 1. The normalized spacial score (nSPS) is 16.2. The molecule has 0 spiro atoms. The van der Waals surface area contributed by atoms with E-state index in [4.69, 9.17) is 10.5 Å². The van der Waals surface area contributed by atoms with Gasteiger partial charge in [0.05, 0.1) is 19.2 Å². The number of carbonyl (C=O) groups is 1. The highest BCUT2D eigenvalue weighted by Crippen LogP contribution is 2.31. The van der Waals surface area contributed by atoms with Crippen molar-refractivity contribution < 1.29 is 9.53 Å². The summed E-state index contributed by atoms with van der Waals surface area (Å²) in [7, 11) is 0. The Labute approximate surface area is 167 Å². The maximum atomic E-state index is 12.1. The van der Waals surface area contributed by atoms with Crippen LogP contribution in [0.15, 0.2) is 51.9 Å². The number of halogens is 1. The maximum Gasteiger partial charge on any atom is 0.226 e. The molecule has 0 radical (unpaired) electrons. The van der Waals surface area contributed by atoms with Gasteiger partial charge < -0.3 is 21.1 Å². The van der Waals surface area contributed by atoms with Gasteiger partial charge in [0.1, 0.15) is 5.75 Å². The summed E-state index contributed by atoms with van der Waals surface area (Å²) in [4.78, 5) is 16.4. The zero-order chi connectivity index (χ0) is 19.2. The number of nitrogens with one attached hydrogen (secondary N) is 2. The van der Waals surface area contributed by atoms with Crippen molar-refractivity contribution in [1.29, 1.82) is 0 Å². The molecule has 1 unspecified atom stereocenters. The number of guanidine groups is 1. The summed E-state index contributed by atoms with van der Waals surface area (Å²) < 4.78 is 6.57. The second-order valence-corrected chi connectivity index (χ2v) is 7.31. The number of fused-ring (bicyclic) bond motifs is 1. The van der Waals surface area contributed by atoms with Crippen molar-refractivity contribution in [1.82, 2.24) is 5.32 Å². The van der Waals surface area contributed by atoms with Gasteiger partial charge in [0, 0.05) is 28.6 Å². The van der Waals surface area contributed by atoms with E-state index >= 15 is 0 Å². The van der Waals surface area contributed by atoms with Gasteiger partial charge in [-0.15, -0.1) is 0 Å². The van der Waals surface area contributed by atoms with E-state index in [9.17, 15) is 4.79 Å². The minimum Gasteiger partial charge on any atom is -0.493 e. The summed E-state index contributed by atoms with van der Waals surface area (Å²) in [6.07, 6.45) is 1.08. The number of benzene rings is 2. The molecular weight excluding hydrogens is 408 g/mol. The summed E-state index contributed by atoms with van der Waals surface area (Å²) in [5.74, 6) is 1.12. The van der Waals surface area contributed by atoms with Crippen LogP contribution in [0.2, 0.25) is 0 Å². The predicted molar refractivity (Wildman–Crippen MR) is 111 cm³/mol. The molecule has 1 amide bonds. The molecule has 7 heteroatoms. The van der Waals surface area contributed by atoms with Gasteiger partial charge in [0.15, 0.2) is 5.96 Å². The van der Waals surface area contributed by atoms with Crippen molar-refractivity contribution in [3.05, 3.63) is 58.1 Å². The maximum absolute atomic E-state index is 12.1. The quantitative estimate of drug-likeness (QED) is 0.500. The van der Waals surface area contributed by atoms with Crippen LogP contribution in [-0.4, -0.2) is 25.0 Å². The fourth-order valence-corrected chi connectivity index (χ4v) is 3.30. The first-order chi connectivity index (χ1) is 13.0. The van der Waals surface area contributed by atoms with Gasteiger partial charge >= 0.3 is 0 Å². The Hall–Kier alpha value is -2.54. The van der Waals surface area contributed by atoms with Crippen molar-refractivity contribution in [3.8, 4) is 5.75 Å². The molecule has 6 nitrogen and oxygen atoms in total. The van der Waals surface area contributed by atoms with E-state index in [1.165, 1.54) is 0 Å². The fraction of sp³-hybridized carbons (Fsp3) is 0.300. The molecule has 0 saturated carbocycles. The van der Waals surface area contributed by atoms with Crippen LogP contribution < -0.4 is 21.1 Å². The highest BCUT2D eigenvalue weighted by atomic mass is 79.9. The number of amides is 1. The Morgan fingerprint density at radius 3 is 3.00 bits per heavy atom. The van der Waals surface area contributed by atoms with E-state index in [1.54, 1.807) is 0 Å². The SMILES string of the molecule is Cc1ccc(Br)cc1NC(=O)CCN=C(N)NC1CCOc2ccccc21. The lowest BCUT2D eigenvalue weighted by atomic mass is 10.0. The first-order valence-electron chi connectivity index (χ1n) is 8.87. The number of rotatable bonds is 5. The standard InChI is InChI=1S/C20H23BrN4O2/c1-13-6-7-14(21)12-17(13)24-19(26)8-10-23-20(22)25-16-9-11-27-18-5-3-2-4-15(16)18/h2-7,12,16H,8-11H2,1H3,(H,24,26)(H3,22,23,25). The van der Waals surface area contributed by atoms with Crippen molar-refractivity contribution >= 4 is 33.5 Å². The number of ether oxygens (including phenoxy) is 1. The third-order valence-electron chi connectivity index (χ3n) is 4.38. The number of nitrogens with zero attached hydrogens (tertiary/aromatic N) is 1. The third-order valence-corrected chi connectivity index (χ3v) is 4.87. The number of nitrogens with two attached hydrogens (primary N) is 1. The topological polar surface area (TPSA) is 88.7 Å². The molecule has 3 rings (SSSR count). The zero-order valence-electron chi connectivity index (χ0n) is 15.2. The van der Waals surface area contributed by atoms with Crippen LogP contribution in [0.4, 0.5) is 5.69 Å². The van der Waals surface area contributed by atoms with E-state index in [0.29, 0.717) is 19.1 Å². The van der Waals surface area contributed by atoms with Crippen LogP contribution in [0.1, 0.15) is 30.0 Å². The molecule has 0 aromatic heterocycles. The predicted octanol–water partition coefficient (Wildman–Crippen LogP) is 3.51. The smallest absolute Gasteiger partial charge is 0.226 e. The lowest BCUT2D eigenvalue weighted by Gasteiger charge is -2.26. The number of hydrogen-bond donors (Lipinski definition) is 3. The summed E-state index contributed by atoms with van der Waals surface area (Å²) in [6, 6.07) is 13.7. The summed E-state index contributed by atoms with van der Waals surface area (Å²) >= 11 is 3.41. The minimum atomic E-state index is -0.0934. The van der Waals surface area contributed by atoms with E-state index in [-0.39, 0.29) is 18.4 Å². The molecule has 0 aliphatic carbocycles. The molecule has 0 saturated heterocycles. The van der Waals surface area contributed by atoms with Crippen molar-refractivity contribution in [2.45, 2.75) is 25.8 Å². The Morgan fingerprint density at radius 1 is 1.33 bits per heavy atom. The Bertz CT molecular complexity index is 854. The summed E-state index contributed by atoms with van der Waals surface area (Å²) in [5, 5.41) is 6.13. The fourth-order valence-electron chi connectivity index (χ4n) is 2.94. The van der Waals surface area contributed by atoms with E-state index in [1.807, 2.05) is 49.4 Å². The van der Waals surface area contributed by atoms with Crippen LogP contribution in [-0.2, 0) is 4.79 Å². The van der Waals surface area contributed by atoms with E-state index < -0.39 is 0 Å². The van der Waals surface area contributed by atoms with Crippen molar-refractivity contribution in [2.75, 3.05) is 18.5 Å². The molecule has 1 heterocycles. The Morgan fingerprint density at radius 2 is 2.15 bits per heavy atom. The highest BCUT2D eigenvalue weighted by molar-refractivity contribution is 9.10. The van der Waals surface area contributed by atoms with Gasteiger partial charge in [-0.2, -0.15) is 0 Å². The molecule has 1 atom stereocenters. The molecule has 2 aromatic carbocycles.